The molecule has 0 aliphatic rings. The van der Waals surface area contributed by atoms with Crippen molar-refractivity contribution in [1.82, 2.24) is 21.3 Å². The Morgan fingerprint density at radius 2 is 0.536 bits per heavy atom. The number of Topliss-reactive ketones (excluding diaryl/α,β-unsaturated/α-hetero) is 2. The first-order valence-corrected chi connectivity index (χ1v) is 49.6. The van der Waals surface area contributed by atoms with Gasteiger partial charge in [-0.1, -0.05) is 298 Å². The van der Waals surface area contributed by atoms with Gasteiger partial charge in [-0.15, -0.1) is 0 Å². The average Bonchev–Trinajstić information content (AvgIpc) is 0.914. The van der Waals surface area contributed by atoms with E-state index in [2.05, 4.69) is 62.8 Å². The highest BCUT2D eigenvalue weighted by atomic mass is 31.2. The van der Waals surface area contributed by atoms with Crippen LogP contribution in [0.4, 0.5) is 0 Å². The maximum atomic E-state index is 13.6. The molecule has 0 aromatic carbocycles. The summed E-state index contributed by atoms with van der Waals surface area (Å²) in [6, 6.07) is -1.61. The maximum Gasteiger partial charge on any atom is 0.327 e. The number of ketones is 2. The number of hydrogen-bond acceptors (Lipinski definition) is 18. The summed E-state index contributed by atoms with van der Waals surface area (Å²) in [6.45, 7) is 15.1. The van der Waals surface area contributed by atoms with Crippen molar-refractivity contribution in [3.8, 4) is 0 Å². The Balaban J connectivity index is 5.57. The number of unbranched alkanes of at least 4 members (excludes halogenated alkanes) is 40. The Hall–Kier alpha value is -3.62. The van der Waals surface area contributed by atoms with Crippen molar-refractivity contribution in [3.63, 3.8) is 0 Å². The van der Waals surface area contributed by atoms with Gasteiger partial charge >= 0.3 is 27.1 Å². The predicted molar refractivity (Wildman–Crippen MR) is 454 cm³/mol. The fourth-order valence-electron chi connectivity index (χ4n) is 13.4. The molecule has 0 aromatic rings. The number of rotatable bonds is 87. The van der Waals surface area contributed by atoms with Gasteiger partial charge in [-0.05, 0) is 51.4 Å². The summed E-state index contributed by atoms with van der Waals surface area (Å²) in [5, 5.41) is 11.0. The van der Waals surface area contributed by atoms with Crippen LogP contribution in [0, 0.1) is 0 Å². The highest BCUT2D eigenvalue weighted by Gasteiger charge is 2.26. The van der Waals surface area contributed by atoms with Gasteiger partial charge < -0.3 is 58.3 Å². The smallest absolute Gasteiger partial charge is 0.327 e. The molecule has 24 heteroatoms. The molecular formula is C88H168N4O18P2. The van der Waals surface area contributed by atoms with Gasteiger partial charge in [0.05, 0.1) is 77.8 Å². The fraction of sp³-hybridized carbons (Fsp3) is 0.909. The van der Waals surface area contributed by atoms with Crippen LogP contribution in [-0.4, -0.2) is 151 Å². The second kappa shape index (κ2) is 78.5. The summed E-state index contributed by atoms with van der Waals surface area (Å²) in [4.78, 5) is 104. The third-order valence-electron chi connectivity index (χ3n) is 20.3. The van der Waals surface area contributed by atoms with Crippen LogP contribution in [0.25, 0.3) is 0 Å². The minimum absolute atomic E-state index is 0.0359. The van der Waals surface area contributed by atoms with Crippen LogP contribution in [0.3, 0.4) is 0 Å². The molecule has 0 saturated carbocycles. The van der Waals surface area contributed by atoms with E-state index in [4.69, 9.17) is 37.0 Å². The normalized spacial score (nSPS) is 13.7. The van der Waals surface area contributed by atoms with Gasteiger partial charge in [-0.3, -0.25) is 47.5 Å². The molecule has 0 saturated heterocycles. The van der Waals surface area contributed by atoms with Crippen molar-refractivity contribution >= 4 is 62.3 Å². The van der Waals surface area contributed by atoms with E-state index in [0.717, 1.165) is 141 Å². The predicted octanol–water partition coefficient (Wildman–Crippen LogP) is 21.6. The molecule has 0 bridgehead atoms. The van der Waals surface area contributed by atoms with E-state index in [1.165, 1.54) is 155 Å². The topological polar surface area (TPSA) is 293 Å². The molecule has 6 atom stereocenters. The van der Waals surface area contributed by atoms with Gasteiger partial charge in [0.1, 0.15) is 23.8 Å². The molecule has 0 spiro atoms. The Kier molecular flexibility index (Phi) is 76.0. The summed E-state index contributed by atoms with van der Waals surface area (Å²) in [5.41, 5.74) is 0. The first-order chi connectivity index (χ1) is 54.2. The van der Waals surface area contributed by atoms with Crippen molar-refractivity contribution in [2.24, 2.45) is 0 Å². The van der Waals surface area contributed by atoms with Crippen LogP contribution in [0.5, 0.6) is 0 Å². The van der Waals surface area contributed by atoms with Gasteiger partial charge in [-0.25, -0.2) is 0 Å². The lowest BCUT2D eigenvalue weighted by molar-refractivity contribution is -0.151. The first-order valence-electron chi connectivity index (χ1n) is 45.6. The molecule has 0 aromatic heterocycles. The Morgan fingerprint density at radius 1 is 0.277 bits per heavy atom. The number of amides is 4. The number of nitrogens with one attached hydrogen (secondary N) is 4. The molecule has 0 aliphatic carbocycles. The molecule has 658 valence electrons. The fourth-order valence-corrected chi connectivity index (χ4v) is 15.3. The average molecular weight is 1630 g/mol. The third-order valence-corrected chi connectivity index (χ3v) is 22.8. The summed E-state index contributed by atoms with van der Waals surface area (Å²) >= 11 is 0. The van der Waals surface area contributed by atoms with Crippen molar-refractivity contribution < 1.29 is 84.5 Å². The maximum absolute atomic E-state index is 13.6. The molecule has 0 heterocycles. The zero-order valence-corrected chi connectivity index (χ0v) is 74.4. The lowest BCUT2D eigenvalue weighted by Crippen LogP contribution is -2.42. The van der Waals surface area contributed by atoms with Crippen LogP contribution < -0.4 is 21.3 Å². The van der Waals surface area contributed by atoms with Crippen molar-refractivity contribution in [1.29, 1.82) is 0 Å². The standard InChI is InChI=1S/C88H168N4O18P2/c1-9-15-21-27-31-35-39-45-49-55-79(93)71-85(97)91-77(73-103-67-63-81(57-51-43-25-19-13-5)109-87(99)59-53-47-41-37-33-29-23-17-11-3)75-107-111(7,101)105-69-65-89-83(95)61-62-84(96)90-66-70-106-112(8,102)108-76-78(92-86(98)72-80(94)56-50-46-40-36-32-28-22-16-10-2)74-104-68-64-82(58-52-44-26-20-14-6)110-88(100)60-54-48-42-38-34-30-24-18-12-4/h77-78,81-82H,9-76H2,1-8H3,(H,89,95)(H,90,96)(H,91,97)(H,92,98). The van der Waals surface area contributed by atoms with E-state index < -0.39 is 50.9 Å². The quantitative estimate of drug-likeness (QED) is 0.0190. The molecule has 0 fully saturated rings. The number of ether oxygens (including phenoxy) is 4. The number of esters is 2. The Labute approximate surface area is 682 Å². The lowest BCUT2D eigenvalue weighted by atomic mass is 10.0. The highest BCUT2D eigenvalue weighted by Crippen LogP contribution is 2.44. The zero-order valence-electron chi connectivity index (χ0n) is 72.6. The number of carbonyl (C=O) groups excluding carboxylic acids is 8. The molecule has 0 rings (SSSR count). The number of hydrogen-bond donors (Lipinski definition) is 4. The van der Waals surface area contributed by atoms with Gasteiger partial charge in [0.15, 0.2) is 0 Å². The van der Waals surface area contributed by atoms with E-state index in [1.54, 1.807) is 0 Å². The molecular weight excluding hydrogens is 1460 g/mol. The Bertz CT molecular complexity index is 2250. The summed E-state index contributed by atoms with van der Waals surface area (Å²) < 4.78 is 74.2. The molecule has 0 radical (unpaired) electrons. The lowest BCUT2D eigenvalue weighted by Gasteiger charge is -2.23. The summed E-state index contributed by atoms with van der Waals surface area (Å²) in [7, 11) is -7.54. The van der Waals surface area contributed by atoms with Crippen LogP contribution in [-0.2, 0) is 84.5 Å². The molecule has 6 unspecified atom stereocenters. The zero-order chi connectivity index (χ0) is 82.5. The summed E-state index contributed by atoms with van der Waals surface area (Å²) in [6.07, 6.45) is 53.5. The molecule has 22 nitrogen and oxygen atoms in total. The van der Waals surface area contributed by atoms with Gasteiger partial charge in [0.25, 0.3) is 0 Å². The molecule has 4 amide bonds. The molecule has 0 aliphatic heterocycles. The highest BCUT2D eigenvalue weighted by molar-refractivity contribution is 7.53. The van der Waals surface area contributed by atoms with Gasteiger partial charge in [0.2, 0.25) is 23.6 Å². The number of carbonyl (C=O) groups is 8. The van der Waals surface area contributed by atoms with Crippen LogP contribution in [0.1, 0.15) is 414 Å². The van der Waals surface area contributed by atoms with Crippen molar-refractivity contribution in [2.45, 2.75) is 438 Å². The van der Waals surface area contributed by atoms with Crippen LogP contribution in [0.2, 0.25) is 0 Å². The molecule has 4 N–H and O–H groups in total. The second-order valence-electron chi connectivity index (χ2n) is 31.6. The first kappa shape index (κ1) is 108. The van der Waals surface area contributed by atoms with E-state index in [9.17, 15) is 47.5 Å². The van der Waals surface area contributed by atoms with E-state index in [1.807, 2.05) is 0 Å². The summed E-state index contributed by atoms with van der Waals surface area (Å²) in [5.74, 6) is -2.68. The molecule has 112 heavy (non-hydrogen) atoms. The SMILES string of the molecule is CCCCCCCCCCCC(=O)CC(=O)NC(COCCC(CCCCCCC)OC(=O)CCCCCCCCCCC)COP(C)(=O)OCCNC(=O)CCC(=O)NCCOP(C)(=O)OCC(COCCC(CCCCCCC)OC(=O)CCCCCCCCCCC)NC(=O)CC(=O)CCCCCCCCCCC. The second-order valence-corrected chi connectivity index (χ2v) is 35.7. The van der Waals surface area contributed by atoms with E-state index in [0.29, 0.717) is 64.2 Å². The van der Waals surface area contributed by atoms with Gasteiger partial charge in [-0.2, -0.15) is 0 Å². The van der Waals surface area contributed by atoms with Crippen molar-refractivity contribution in [3.05, 3.63) is 0 Å². The van der Waals surface area contributed by atoms with E-state index in [-0.39, 0.29) is 127 Å². The van der Waals surface area contributed by atoms with E-state index >= 15 is 0 Å². The monoisotopic (exact) mass is 1630 g/mol. The Morgan fingerprint density at radius 3 is 0.821 bits per heavy atom. The van der Waals surface area contributed by atoms with Gasteiger partial charge in [0, 0.05) is 77.8 Å². The third kappa shape index (κ3) is 75.1. The van der Waals surface area contributed by atoms with Crippen molar-refractivity contribution in [2.75, 3.05) is 79.3 Å². The largest absolute Gasteiger partial charge is 0.462 e. The van der Waals surface area contributed by atoms with Crippen LogP contribution in [0.15, 0.2) is 0 Å². The minimum Gasteiger partial charge on any atom is -0.462 e. The minimum atomic E-state index is -3.77. The van der Waals surface area contributed by atoms with Crippen LogP contribution >= 0.6 is 15.2 Å².